The molecular weight excluding hydrogens is 290 g/mol. The molecule has 1 amide bonds. The molecule has 0 bridgehead atoms. The van der Waals surface area contributed by atoms with Crippen LogP contribution in [0.25, 0.3) is 0 Å². The molecule has 0 radical (unpaired) electrons. The zero-order valence-corrected chi connectivity index (χ0v) is 11.4. The fourth-order valence-electron chi connectivity index (χ4n) is 1.60. The number of carbonyl (C=O) groups excluding carboxylic acids is 1. The second-order valence-electron chi connectivity index (χ2n) is 4.31. The molecule has 114 valence electrons. The minimum atomic E-state index is -0.703. The summed E-state index contributed by atoms with van der Waals surface area (Å²) >= 11 is 0. The standard InChI is InChI=1S/C13H13N5O4/c19-10-4-2-1-3-8(10)7-14-17-11(20)6-5-9-12(21)15-13(22)18-16-9/h1-4,7,19H,5-6H2,(H,17,20)(H2,15,18,21,22)/b14-7+. The first-order valence-electron chi connectivity index (χ1n) is 6.34. The molecule has 4 N–H and O–H groups in total. The molecule has 2 rings (SSSR count). The lowest BCUT2D eigenvalue weighted by Gasteiger charge is -2.00. The Morgan fingerprint density at radius 2 is 2.14 bits per heavy atom. The second kappa shape index (κ2) is 6.97. The fraction of sp³-hybridized carbons (Fsp3) is 0.154. The maximum Gasteiger partial charge on any atom is 0.342 e. The van der Waals surface area contributed by atoms with E-state index in [1.807, 2.05) is 4.98 Å². The summed E-state index contributed by atoms with van der Waals surface area (Å²) in [5.74, 6) is -0.386. The Hall–Kier alpha value is -3.23. The number of phenolic OH excluding ortho intramolecular Hbond substituents is 1. The largest absolute Gasteiger partial charge is 0.507 e. The van der Waals surface area contributed by atoms with Crippen molar-refractivity contribution in [2.24, 2.45) is 5.10 Å². The highest BCUT2D eigenvalue weighted by molar-refractivity contribution is 5.85. The van der Waals surface area contributed by atoms with Gasteiger partial charge in [0, 0.05) is 18.4 Å². The van der Waals surface area contributed by atoms with Gasteiger partial charge >= 0.3 is 5.69 Å². The number of aromatic hydroxyl groups is 1. The number of nitrogens with one attached hydrogen (secondary N) is 3. The van der Waals surface area contributed by atoms with E-state index in [-0.39, 0.29) is 24.3 Å². The van der Waals surface area contributed by atoms with Crippen LogP contribution in [-0.4, -0.2) is 32.4 Å². The molecule has 1 aromatic heterocycles. The molecule has 22 heavy (non-hydrogen) atoms. The van der Waals surface area contributed by atoms with Crippen molar-refractivity contribution in [1.82, 2.24) is 20.6 Å². The summed E-state index contributed by atoms with van der Waals surface area (Å²) in [6.07, 6.45) is 1.34. The van der Waals surface area contributed by atoms with Crippen molar-refractivity contribution in [3.63, 3.8) is 0 Å². The molecule has 1 heterocycles. The van der Waals surface area contributed by atoms with Gasteiger partial charge in [-0.3, -0.25) is 14.6 Å². The molecule has 0 atom stereocenters. The summed E-state index contributed by atoms with van der Waals surface area (Å²) in [5, 5.41) is 18.8. The van der Waals surface area contributed by atoms with E-state index < -0.39 is 17.2 Å². The number of hydrogen-bond acceptors (Lipinski definition) is 6. The van der Waals surface area contributed by atoms with Crippen LogP contribution in [0.15, 0.2) is 39.0 Å². The molecule has 0 saturated carbocycles. The highest BCUT2D eigenvalue weighted by atomic mass is 16.3. The van der Waals surface area contributed by atoms with Gasteiger partial charge in [0.25, 0.3) is 5.56 Å². The molecule has 0 saturated heterocycles. The first kappa shape index (κ1) is 15.2. The van der Waals surface area contributed by atoms with Crippen molar-refractivity contribution in [2.45, 2.75) is 12.8 Å². The number of amides is 1. The van der Waals surface area contributed by atoms with Gasteiger partial charge in [-0.15, -0.1) is 0 Å². The Labute approximate surface area is 123 Å². The van der Waals surface area contributed by atoms with Gasteiger partial charge in [-0.05, 0) is 12.1 Å². The van der Waals surface area contributed by atoms with Gasteiger partial charge in [0.2, 0.25) is 5.91 Å². The van der Waals surface area contributed by atoms with Gasteiger partial charge in [0.15, 0.2) is 0 Å². The average Bonchev–Trinajstić information content (AvgIpc) is 2.48. The van der Waals surface area contributed by atoms with Crippen molar-refractivity contribution in [1.29, 1.82) is 0 Å². The monoisotopic (exact) mass is 303 g/mol. The normalized spacial score (nSPS) is 10.7. The molecular formula is C13H13N5O4. The SMILES string of the molecule is O=C(CCc1n[nH]c(=O)[nH]c1=O)N/N=C/c1ccccc1O. The van der Waals surface area contributed by atoms with Crippen LogP contribution in [0.3, 0.4) is 0 Å². The maximum absolute atomic E-state index is 11.6. The van der Waals surface area contributed by atoms with E-state index in [0.717, 1.165) is 0 Å². The quantitative estimate of drug-likeness (QED) is 0.425. The second-order valence-corrected chi connectivity index (χ2v) is 4.31. The Balaban J connectivity index is 1.87. The molecule has 1 aromatic carbocycles. The molecule has 9 heteroatoms. The summed E-state index contributed by atoms with van der Waals surface area (Å²) in [6, 6.07) is 6.52. The number of carbonyl (C=O) groups is 1. The first-order valence-corrected chi connectivity index (χ1v) is 6.34. The van der Waals surface area contributed by atoms with Gasteiger partial charge in [0.05, 0.1) is 6.21 Å². The Morgan fingerprint density at radius 1 is 1.36 bits per heavy atom. The van der Waals surface area contributed by atoms with Gasteiger partial charge < -0.3 is 5.11 Å². The molecule has 0 spiro atoms. The number of para-hydroxylation sites is 1. The van der Waals surface area contributed by atoms with Crippen LogP contribution in [0.1, 0.15) is 17.7 Å². The van der Waals surface area contributed by atoms with Crippen molar-refractivity contribution in [3.8, 4) is 5.75 Å². The predicted molar refractivity (Wildman–Crippen MR) is 77.6 cm³/mol. The predicted octanol–water partition coefficient (Wildman–Crippen LogP) is -0.753. The van der Waals surface area contributed by atoms with Crippen LogP contribution >= 0.6 is 0 Å². The lowest BCUT2D eigenvalue weighted by molar-refractivity contribution is -0.121. The number of nitrogens with zero attached hydrogens (tertiary/aromatic N) is 2. The number of H-pyrrole nitrogens is 2. The smallest absolute Gasteiger partial charge is 0.342 e. The van der Waals surface area contributed by atoms with Crippen LogP contribution in [0.2, 0.25) is 0 Å². The molecule has 0 fully saturated rings. The molecule has 0 aliphatic heterocycles. The lowest BCUT2D eigenvalue weighted by Crippen LogP contribution is -2.28. The highest BCUT2D eigenvalue weighted by Crippen LogP contribution is 2.12. The summed E-state index contributed by atoms with van der Waals surface area (Å²) in [7, 11) is 0. The maximum atomic E-state index is 11.6. The molecule has 9 nitrogen and oxygen atoms in total. The number of hydrazone groups is 1. The van der Waals surface area contributed by atoms with Crippen LogP contribution in [0.5, 0.6) is 5.75 Å². The van der Waals surface area contributed by atoms with Crippen LogP contribution < -0.4 is 16.7 Å². The number of phenols is 1. The first-order chi connectivity index (χ1) is 10.6. The van der Waals surface area contributed by atoms with Gasteiger partial charge in [-0.25, -0.2) is 15.3 Å². The number of benzene rings is 1. The van der Waals surface area contributed by atoms with E-state index in [4.69, 9.17) is 0 Å². The third-order valence-corrected chi connectivity index (χ3v) is 2.70. The molecule has 2 aromatic rings. The average molecular weight is 303 g/mol. The van der Waals surface area contributed by atoms with E-state index in [1.165, 1.54) is 12.3 Å². The van der Waals surface area contributed by atoms with E-state index in [1.54, 1.807) is 18.2 Å². The number of aromatic amines is 2. The Morgan fingerprint density at radius 3 is 2.86 bits per heavy atom. The van der Waals surface area contributed by atoms with Crippen LogP contribution in [-0.2, 0) is 11.2 Å². The van der Waals surface area contributed by atoms with Crippen molar-refractivity contribution in [3.05, 3.63) is 56.4 Å². The topological polar surface area (TPSA) is 140 Å². The summed E-state index contributed by atoms with van der Waals surface area (Å²) in [4.78, 5) is 35.7. The zero-order valence-electron chi connectivity index (χ0n) is 11.4. The molecule has 0 aliphatic carbocycles. The van der Waals surface area contributed by atoms with Gasteiger partial charge in [0.1, 0.15) is 11.4 Å². The van der Waals surface area contributed by atoms with Gasteiger partial charge in [-0.2, -0.15) is 10.2 Å². The van der Waals surface area contributed by atoms with Crippen LogP contribution in [0, 0.1) is 0 Å². The van der Waals surface area contributed by atoms with E-state index >= 15 is 0 Å². The molecule has 0 aliphatic rings. The summed E-state index contributed by atoms with van der Waals surface area (Å²) in [6.45, 7) is 0. The zero-order chi connectivity index (χ0) is 15.9. The fourth-order valence-corrected chi connectivity index (χ4v) is 1.60. The van der Waals surface area contributed by atoms with Crippen LogP contribution in [0.4, 0.5) is 0 Å². The number of aryl methyl sites for hydroxylation is 1. The number of rotatable bonds is 5. The highest BCUT2D eigenvalue weighted by Gasteiger charge is 2.06. The molecule has 0 unspecified atom stereocenters. The number of hydrogen-bond donors (Lipinski definition) is 4. The van der Waals surface area contributed by atoms with Crippen molar-refractivity contribution >= 4 is 12.1 Å². The van der Waals surface area contributed by atoms with Crippen molar-refractivity contribution < 1.29 is 9.90 Å². The summed E-state index contributed by atoms with van der Waals surface area (Å²) in [5.41, 5.74) is 1.45. The number of aromatic nitrogens is 3. The van der Waals surface area contributed by atoms with Crippen molar-refractivity contribution in [2.75, 3.05) is 0 Å². The lowest BCUT2D eigenvalue weighted by atomic mass is 10.2. The minimum Gasteiger partial charge on any atom is -0.507 e. The van der Waals surface area contributed by atoms with E-state index in [9.17, 15) is 19.5 Å². The summed E-state index contributed by atoms with van der Waals surface area (Å²) < 4.78 is 0. The Kier molecular flexibility index (Phi) is 4.81. The minimum absolute atomic E-state index is 0.0275. The third-order valence-electron chi connectivity index (χ3n) is 2.70. The van der Waals surface area contributed by atoms with E-state index in [0.29, 0.717) is 5.56 Å². The van der Waals surface area contributed by atoms with E-state index in [2.05, 4.69) is 20.7 Å². The Bertz CT molecular complexity index is 808. The van der Waals surface area contributed by atoms with Gasteiger partial charge in [-0.1, -0.05) is 12.1 Å². The third kappa shape index (κ3) is 4.13.